The lowest BCUT2D eigenvalue weighted by Crippen LogP contribution is -2.17. The molecule has 0 aromatic heterocycles. The summed E-state index contributed by atoms with van der Waals surface area (Å²) in [6.07, 6.45) is 6.31. The van der Waals surface area contributed by atoms with Crippen molar-refractivity contribution in [1.29, 1.82) is 0 Å². The minimum absolute atomic E-state index is 0.507. The quantitative estimate of drug-likeness (QED) is 0.496. The van der Waals surface area contributed by atoms with Crippen LogP contribution in [-0.2, 0) is 4.79 Å². The number of carbonyl (C=O) groups is 1. The molecule has 0 amide bonds. The summed E-state index contributed by atoms with van der Waals surface area (Å²) in [6, 6.07) is 0. The van der Waals surface area contributed by atoms with E-state index in [4.69, 9.17) is 0 Å². The van der Waals surface area contributed by atoms with Crippen LogP contribution in [0, 0.1) is 17.3 Å². The SMILES string of the molecule is O=C1CC2CC1CC21CC1. The lowest BCUT2D eigenvalue weighted by Gasteiger charge is -2.18. The molecule has 1 spiro atoms. The number of carbonyl (C=O) groups excluding carboxylic acids is 1. The maximum absolute atomic E-state index is 11.2. The van der Waals surface area contributed by atoms with Crippen LogP contribution in [-0.4, -0.2) is 5.78 Å². The molecule has 54 valence electrons. The first-order valence-corrected chi connectivity index (χ1v) is 4.33. The van der Waals surface area contributed by atoms with Gasteiger partial charge in [0.15, 0.2) is 0 Å². The third-order valence-corrected chi connectivity index (χ3v) is 3.88. The highest BCUT2D eigenvalue weighted by Gasteiger charge is 2.60. The fourth-order valence-electron chi connectivity index (χ4n) is 3.06. The van der Waals surface area contributed by atoms with Crippen LogP contribution >= 0.6 is 0 Å². The molecule has 0 aliphatic heterocycles. The van der Waals surface area contributed by atoms with Crippen LogP contribution in [0.3, 0.4) is 0 Å². The maximum atomic E-state index is 11.2. The molecular formula is C9H12O. The number of ketones is 1. The second-order valence-corrected chi connectivity index (χ2v) is 4.37. The number of fused-ring (bicyclic) bond motifs is 3. The van der Waals surface area contributed by atoms with E-state index in [1.807, 2.05) is 0 Å². The molecule has 0 aromatic rings. The van der Waals surface area contributed by atoms with E-state index in [9.17, 15) is 4.79 Å². The molecule has 2 unspecified atom stereocenters. The molecule has 2 bridgehead atoms. The van der Waals surface area contributed by atoms with Crippen molar-refractivity contribution < 1.29 is 4.79 Å². The van der Waals surface area contributed by atoms with Crippen LogP contribution in [0.1, 0.15) is 32.1 Å². The topological polar surface area (TPSA) is 17.1 Å². The van der Waals surface area contributed by atoms with Crippen molar-refractivity contribution in [3.8, 4) is 0 Å². The zero-order valence-electron chi connectivity index (χ0n) is 6.10. The van der Waals surface area contributed by atoms with Crippen molar-refractivity contribution in [2.24, 2.45) is 17.3 Å². The van der Waals surface area contributed by atoms with Gasteiger partial charge in [0, 0.05) is 12.3 Å². The zero-order chi connectivity index (χ0) is 6.77. The molecule has 0 heterocycles. The van der Waals surface area contributed by atoms with Gasteiger partial charge in [-0.15, -0.1) is 0 Å². The third kappa shape index (κ3) is 0.446. The second kappa shape index (κ2) is 1.32. The van der Waals surface area contributed by atoms with Crippen LogP contribution in [0.25, 0.3) is 0 Å². The molecule has 3 aliphatic carbocycles. The average Bonchev–Trinajstić information content (AvgIpc) is 2.42. The van der Waals surface area contributed by atoms with E-state index in [0.717, 1.165) is 17.8 Å². The van der Waals surface area contributed by atoms with E-state index in [2.05, 4.69) is 0 Å². The van der Waals surface area contributed by atoms with Gasteiger partial charge in [0.05, 0.1) is 0 Å². The van der Waals surface area contributed by atoms with E-state index < -0.39 is 0 Å². The van der Waals surface area contributed by atoms with Gasteiger partial charge in [0.2, 0.25) is 0 Å². The average molecular weight is 136 g/mol. The van der Waals surface area contributed by atoms with Gasteiger partial charge in [-0.2, -0.15) is 0 Å². The van der Waals surface area contributed by atoms with Crippen LogP contribution in [0.5, 0.6) is 0 Å². The van der Waals surface area contributed by atoms with Crippen molar-refractivity contribution in [3.05, 3.63) is 0 Å². The normalized spacial score (nSPS) is 47.0. The Labute approximate surface area is 60.8 Å². The predicted octanol–water partition coefficient (Wildman–Crippen LogP) is 1.77. The Morgan fingerprint density at radius 3 is 2.60 bits per heavy atom. The lowest BCUT2D eigenvalue weighted by molar-refractivity contribution is -0.122. The molecule has 0 N–H and O–H groups in total. The molecule has 0 saturated heterocycles. The van der Waals surface area contributed by atoms with Crippen LogP contribution in [0.15, 0.2) is 0 Å². The Bertz CT molecular complexity index is 203. The van der Waals surface area contributed by atoms with E-state index >= 15 is 0 Å². The molecule has 0 aromatic carbocycles. The fraction of sp³-hybridized carbons (Fsp3) is 0.889. The first-order chi connectivity index (χ1) is 4.80. The minimum Gasteiger partial charge on any atom is -0.299 e. The van der Waals surface area contributed by atoms with Crippen LogP contribution in [0.2, 0.25) is 0 Å². The van der Waals surface area contributed by atoms with Gasteiger partial charge in [-0.1, -0.05) is 0 Å². The standard InChI is InChI=1S/C9H12O/c10-8-4-7-3-6(8)5-9(7)1-2-9/h6-7H,1-5H2. The smallest absolute Gasteiger partial charge is 0.136 e. The molecule has 10 heavy (non-hydrogen) atoms. The number of Topliss-reactive ketones (excluding diaryl/α,β-unsaturated/α-hetero) is 1. The molecule has 1 nitrogen and oxygen atoms in total. The van der Waals surface area contributed by atoms with Gasteiger partial charge in [-0.05, 0) is 37.0 Å². The summed E-state index contributed by atoms with van der Waals surface area (Å²) >= 11 is 0. The molecule has 3 aliphatic rings. The minimum atomic E-state index is 0.507. The van der Waals surface area contributed by atoms with E-state index in [1.165, 1.54) is 25.7 Å². The predicted molar refractivity (Wildman–Crippen MR) is 37.5 cm³/mol. The van der Waals surface area contributed by atoms with Gasteiger partial charge in [0.1, 0.15) is 5.78 Å². The summed E-state index contributed by atoms with van der Waals surface area (Å²) in [4.78, 5) is 11.2. The van der Waals surface area contributed by atoms with Crippen LogP contribution in [0.4, 0.5) is 0 Å². The highest BCUT2D eigenvalue weighted by Crippen LogP contribution is 2.67. The summed E-state index contributed by atoms with van der Waals surface area (Å²) < 4.78 is 0. The molecule has 0 radical (unpaired) electrons. The third-order valence-electron chi connectivity index (χ3n) is 3.88. The van der Waals surface area contributed by atoms with Gasteiger partial charge in [-0.25, -0.2) is 0 Å². The van der Waals surface area contributed by atoms with Crippen LogP contribution < -0.4 is 0 Å². The molecule has 2 atom stereocenters. The zero-order valence-corrected chi connectivity index (χ0v) is 6.10. The van der Waals surface area contributed by atoms with Gasteiger partial charge >= 0.3 is 0 Å². The Kier molecular flexibility index (Phi) is 0.704. The molecule has 3 fully saturated rings. The lowest BCUT2D eigenvalue weighted by atomic mass is 9.85. The van der Waals surface area contributed by atoms with Gasteiger partial charge in [0.25, 0.3) is 0 Å². The Balaban J connectivity index is 1.96. The second-order valence-electron chi connectivity index (χ2n) is 4.37. The summed E-state index contributed by atoms with van der Waals surface area (Å²) in [6.45, 7) is 0. The van der Waals surface area contributed by atoms with Gasteiger partial charge < -0.3 is 0 Å². The fourth-order valence-corrected chi connectivity index (χ4v) is 3.06. The highest BCUT2D eigenvalue weighted by molar-refractivity contribution is 5.85. The first-order valence-electron chi connectivity index (χ1n) is 4.33. The monoisotopic (exact) mass is 136 g/mol. The summed E-state index contributed by atoms with van der Waals surface area (Å²) in [7, 11) is 0. The highest BCUT2D eigenvalue weighted by atomic mass is 16.1. The van der Waals surface area contributed by atoms with E-state index in [1.54, 1.807) is 0 Å². The van der Waals surface area contributed by atoms with Crippen molar-refractivity contribution in [2.45, 2.75) is 32.1 Å². The van der Waals surface area contributed by atoms with Crippen molar-refractivity contribution in [1.82, 2.24) is 0 Å². The van der Waals surface area contributed by atoms with Crippen molar-refractivity contribution in [3.63, 3.8) is 0 Å². The Morgan fingerprint density at radius 1 is 1.40 bits per heavy atom. The molecular weight excluding hydrogens is 124 g/mol. The molecule has 3 rings (SSSR count). The Morgan fingerprint density at radius 2 is 2.20 bits per heavy atom. The molecule has 1 heteroatoms. The maximum Gasteiger partial charge on any atom is 0.136 e. The van der Waals surface area contributed by atoms with Gasteiger partial charge in [-0.3, -0.25) is 4.79 Å². The number of hydrogen-bond donors (Lipinski definition) is 0. The first kappa shape index (κ1) is 5.34. The number of rotatable bonds is 0. The van der Waals surface area contributed by atoms with Crippen molar-refractivity contribution >= 4 is 5.78 Å². The Hall–Kier alpha value is -0.330. The van der Waals surface area contributed by atoms with E-state index in [-0.39, 0.29) is 0 Å². The number of hydrogen-bond acceptors (Lipinski definition) is 1. The van der Waals surface area contributed by atoms with E-state index in [0.29, 0.717) is 11.7 Å². The summed E-state index contributed by atoms with van der Waals surface area (Å²) in [5, 5.41) is 0. The summed E-state index contributed by atoms with van der Waals surface area (Å²) in [5.41, 5.74) is 0.721. The molecule has 3 saturated carbocycles. The largest absolute Gasteiger partial charge is 0.299 e. The van der Waals surface area contributed by atoms with Crippen molar-refractivity contribution in [2.75, 3.05) is 0 Å². The summed E-state index contributed by atoms with van der Waals surface area (Å²) in [5.74, 6) is 1.90.